The fourth-order valence-corrected chi connectivity index (χ4v) is 4.22. The number of rotatable bonds is 9. The van der Waals surface area contributed by atoms with Crippen molar-refractivity contribution in [1.29, 1.82) is 0 Å². The first-order valence-corrected chi connectivity index (χ1v) is 11.8. The van der Waals surface area contributed by atoms with Crippen LogP contribution in [0.1, 0.15) is 41.6 Å². The minimum absolute atomic E-state index is 0.159. The molecule has 0 saturated carbocycles. The van der Waals surface area contributed by atoms with Crippen molar-refractivity contribution in [2.45, 2.75) is 38.5 Å². The normalized spacial score (nSPS) is 11.7. The molecule has 0 saturated heterocycles. The van der Waals surface area contributed by atoms with E-state index in [0.29, 0.717) is 39.5 Å². The highest BCUT2D eigenvalue weighted by Crippen LogP contribution is 2.24. The predicted molar refractivity (Wildman–Crippen MR) is 130 cm³/mol. The van der Waals surface area contributed by atoms with Crippen LogP contribution in [-0.2, 0) is 11.3 Å². The van der Waals surface area contributed by atoms with Crippen molar-refractivity contribution >= 4 is 40.9 Å². The number of methoxy groups -OCH3 is 1. The monoisotopic (exact) mass is 487 g/mol. The molecular formula is C23H26ClN5O3S. The number of amides is 2. The second kappa shape index (κ2) is 11.2. The Hall–Kier alpha value is -3.04. The van der Waals surface area contributed by atoms with Crippen LogP contribution in [0.15, 0.2) is 47.6 Å². The number of para-hydroxylation sites is 1. The molecule has 3 rings (SSSR count). The third-order valence-corrected chi connectivity index (χ3v) is 6.16. The maximum Gasteiger partial charge on any atom is 0.255 e. The zero-order valence-electron chi connectivity index (χ0n) is 18.9. The van der Waals surface area contributed by atoms with E-state index in [1.54, 1.807) is 36.4 Å². The van der Waals surface area contributed by atoms with Crippen molar-refractivity contribution in [1.82, 2.24) is 20.1 Å². The van der Waals surface area contributed by atoms with Gasteiger partial charge in [-0.05, 0) is 50.6 Å². The molecule has 0 bridgehead atoms. The Balaban J connectivity index is 1.66. The van der Waals surface area contributed by atoms with E-state index in [1.165, 1.54) is 18.9 Å². The van der Waals surface area contributed by atoms with Gasteiger partial charge < -0.3 is 19.9 Å². The summed E-state index contributed by atoms with van der Waals surface area (Å²) < 4.78 is 7.16. The highest BCUT2D eigenvalue weighted by atomic mass is 35.5. The molecule has 0 aliphatic heterocycles. The summed E-state index contributed by atoms with van der Waals surface area (Å²) in [6.07, 6.45) is 0. The number of hydrogen-bond acceptors (Lipinski definition) is 6. The van der Waals surface area contributed by atoms with Crippen LogP contribution in [0.2, 0.25) is 5.02 Å². The summed E-state index contributed by atoms with van der Waals surface area (Å²) in [6, 6.07) is 12.0. The van der Waals surface area contributed by atoms with Crippen molar-refractivity contribution < 1.29 is 14.3 Å². The van der Waals surface area contributed by atoms with Crippen LogP contribution in [0.5, 0.6) is 5.75 Å². The molecule has 0 fully saturated rings. The van der Waals surface area contributed by atoms with Gasteiger partial charge in [0.1, 0.15) is 5.75 Å². The van der Waals surface area contributed by atoms with Crippen LogP contribution >= 0.6 is 23.4 Å². The lowest BCUT2D eigenvalue weighted by Crippen LogP contribution is -2.29. The number of anilines is 1. The second-order valence-corrected chi connectivity index (χ2v) is 8.66. The number of hydrogen-bond donors (Lipinski definition) is 2. The van der Waals surface area contributed by atoms with Crippen LogP contribution < -0.4 is 15.4 Å². The average Bonchev–Trinajstić information content (AvgIpc) is 3.23. The quantitative estimate of drug-likeness (QED) is 0.431. The van der Waals surface area contributed by atoms with Gasteiger partial charge >= 0.3 is 0 Å². The van der Waals surface area contributed by atoms with Gasteiger partial charge in [0.25, 0.3) is 5.91 Å². The maximum absolute atomic E-state index is 12.7. The number of thioether (sulfide) groups is 1. The Labute approximate surface area is 202 Å². The molecule has 1 aromatic heterocycles. The molecule has 3 aromatic rings. The van der Waals surface area contributed by atoms with Crippen LogP contribution in [0.25, 0.3) is 0 Å². The number of aryl methyl sites for hydroxylation is 1. The van der Waals surface area contributed by atoms with E-state index in [1.807, 2.05) is 31.4 Å². The van der Waals surface area contributed by atoms with Gasteiger partial charge in [-0.2, -0.15) is 0 Å². The van der Waals surface area contributed by atoms with Crippen LogP contribution in [-0.4, -0.2) is 39.4 Å². The number of carbonyl (C=O) groups is 2. The summed E-state index contributed by atoms with van der Waals surface area (Å²) in [5.41, 5.74) is 2.05. The first-order chi connectivity index (χ1) is 15.8. The lowest BCUT2D eigenvalue weighted by Gasteiger charge is -2.16. The molecule has 1 heterocycles. The Bertz CT molecular complexity index is 1150. The van der Waals surface area contributed by atoms with Crippen molar-refractivity contribution in [2.24, 2.45) is 0 Å². The summed E-state index contributed by atoms with van der Waals surface area (Å²) in [5.74, 6) is 0.823. The van der Waals surface area contributed by atoms with Gasteiger partial charge in [-0.1, -0.05) is 41.6 Å². The Kier molecular flexibility index (Phi) is 8.35. The highest BCUT2D eigenvalue weighted by molar-refractivity contribution is 7.99. The van der Waals surface area contributed by atoms with Gasteiger partial charge in [0.2, 0.25) is 5.91 Å². The van der Waals surface area contributed by atoms with Crippen molar-refractivity contribution in [3.63, 3.8) is 0 Å². The highest BCUT2D eigenvalue weighted by Gasteiger charge is 2.21. The van der Waals surface area contributed by atoms with E-state index in [2.05, 4.69) is 20.8 Å². The van der Waals surface area contributed by atoms with Gasteiger partial charge in [-0.15, -0.1) is 10.2 Å². The standard InChI is InChI=1S/C23H26ClN5O3S/c1-5-29-21(15(3)25-22(31)17-8-6-7-9-19(17)32-4)27-28-23(29)33-13-20(30)26-18-12-16(24)11-10-14(18)2/h6-12,15H,5,13H2,1-4H3,(H,25,31)(H,26,30)/t15-/m0/s1. The van der Waals surface area contributed by atoms with Crippen LogP contribution in [0.4, 0.5) is 5.69 Å². The molecule has 0 spiro atoms. The van der Waals surface area contributed by atoms with Crippen molar-refractivity contribution in [3.8, 4) is 5.75 Å². The predicted octanol–water partition coefficient (Wildman–Crippen LogP) is 4.49. The van der Waals surface area contributed by atoms with E-state index in [9.17, 15) is 9.59 Å². The fourth-order valence-electron chi connectivity index (χ4n) is 3.24. The van der Waals surface area contributed by atoms with E-state index < -0.39 is 6.04 Å². The summed E-state index contributed by atoms with van der Waals surface area (Å²) in [4.78, 5) is 25.2. The molecule has 2 amide bonds. The smallest absolute Gasteiger partial charge is 0.255 e. The first-order valence-electron chi connectivity index (χ1n) is 10.4. The molecule has 2 N–H and O–H groups in total. The summed E-state index contributed by atoms with van der Waals surface area (Å²) >= 11 is 7.30. The van der Waals surface area contributed by atoms with Gasteiger partial charge in [-0.25, -0.2) is 0 Å². The molecule has 10 heteroatoms. The van der Waals surface area contributed by atoms with E-state index in [-0.39, 0.29) is 17.6 Å². The Morgan fingerprint density at radius 2 is 1.97 bits per heavy atom. The molecule has 33 heavy (non-hydrogen) atoms. The number of halogens is 1. The minimum atomic E-state index is -0.396. The Morgan fingerprint density at radius 3 is 2.70 bits per heavy atom. The molecule has 0 aliphatic rings. The summed E-state index contributed by atoms with van der Waals surface area (Å²) in [6.45, 7) is 6.29. The SMILES string of the molecule is CCn1c(SCC(=O)Nc2cc(Cl)ccc2C)nnc1[C@H](C)NC(=O)c1ccccc1OC. The molecule has 174 valence electrons. The summed E-state index contributed by atoms with van der Waals surface area (Å²) in [5, 5.41) is 15.5. The van der Waals surface area contributed by atoms with E-state index in [0.717, 1.165) is 5.56 Å². The molecular weight excluding hydrogens is 462 g/mol. The molecule has 1 atom stereocenters. The third kappa shape index (κ3) is 6.06. The molecule has 0 radical (unpaired) electrons. The van der Waals surface area contributed by atoms with Gasteiger partial charge in [0, 0.05) is 17.3 Å². The summed E-state index contributed by atoms with van der Waals surface area (Å²) in [7, 11) is 1.52. The van der Waals surface area contributed by atoms with Crippen molar-refractivity contribution in [2.75, 3.05) is 18.2 Å². The van der Waals surface area contributed by atoms with Gasteiger partial charge in [0.05, 0.1) is 24.5 Å². The number of ether oxygens (including phenoxy) is 1. The molecule has 0 unspecified atom stereocenters. The number of carbonyl (C=O) groups excluding carboxylic acids is 2. The number of benzene rings is 2. The topological polar surface area (TPSA) is 98.1 Å². The van der Waals surface area contributed by atoms with Crippen molar-refractivity contribution in [3.05, 3.63) is 64.4 Å². The fraction of sp³-hybridized carbons (Fsp3) is 0.304. The zero-order chi connectivity index (χ0) is 24.0. The zero-order valence-corrected chi connectivity index (χ0v) is 20.5. The lowest BCUT2D eigenvalue weighted by atomic mass is 10.1. The third-order valence-electron chi connectivity index (χ3n) is 4.95. The number of nitrogens with zero attached hydrogens (tertiary/aromatic N) is 3. The number of aromatic nitrogens is 3. The minimum Gasteiger partial charge on any atom is -0.496 e. The lowest BCUT2D eigenvalue weighted by molar-refractivity contribution is -0.113. The Morgan fingerprint density at radius 1 is 1.21 bits per heavy atom. The van der Waals surface area contributed by atoms with Crippen LogP contribution in [0.3, 0.4) is 0 Å². The molecule has 2 aromatic carbocycles. The second-order valence-electron chi connectivity index (χ2n) is 7.28. The average molecular weight is 488 g/mol. The maximum atomic E-state index is 12.7. The first kappa shape index (κ1) is 24.6. The largest absolute Gasteiger partial charge is 0.496 e. The van der Waals surface area contributed by atoms with Crippen LogP contribution in [0, 0.1) is 6.92 Å². The molecule has 8 nitrogen and oxygen atoms in total. The van der Waals surface area contributed by atoms with Gasteiger partial charge in [-0.3, -0.25) is 9.59 Å². The number of nitrogens with one attached hydrogen (secondary N) is 2. The van der Waals surface area contributed by atoms with E-state index >= 15 is 0 Å². The molecule has 0 aliphatic carbocycles. The van der Waals surface area contributed by atoms with E-state index in [4.69, 9.17) is 16.3 Å². The van der Waals surface area contributed by atoms with Gasteiger partial charge in [0.15, 0.2) is 11.0 Å².